The second kappa shape index (κ2) is 4.51. The van der Waals surface area contributed by atoms with Crippen LogP contribution in [0.2, 0.25) is 5.02 Å². The number of benzene rings is 1. The van der Waals surface area contributed by atoms with E-state index in [1.165, 1.54) is 13.0 Å². The minimum absolute atomic E-state index is 0.328. The van der Waals surface area contributed by atoms with Crippen LogP contribution in [0.15, 0.2) is 24.3 Å². The van der Waals surface area contributed by atoms with E-state index in [1.54, 1.807) is 18.2 Å². The van der Waals surface area contributed by atoms with Gasteiger partial charge in [0.15, 0.2) is 0 Å². The highest BCUT2D eigenvalue weighted by molar-refractivity contribution is 6.30. The Bertz CT molecular complexity index is 362. The van der Waals surface area contributed by atoms with E-state index in [0.717, 1.165) is 0 Å². The minimum atomic E-state index is -1.74. The molecule has 0 aliphatic rings. The summed E-state index contributed by atoms with van der Waals surface area (Å²) in [6.07, 6.45) is -0.500. The van der Waals surface area contributed by atoms with E-state index in [-0.39, 0.29) is 0 Å². The monoisotopic (exact) mass is 230 g/mol. The van der Waals surface area contributed by atoms with E-state index in [2.05, 4.69) is 0 Å². The molecule has 0 aliphatic heterocycles. The Morgan fingerprint density at radius 1 is 1.60 bits per heavy atom. The second-order valence-electron chi connectivity index (χ2n) is 3.30. The highest BCUT2D eigenvalue weighted by atomic mass is 35.5. The molecule has 0 spiro atoms. The van der Waals surface area contributed by atoms with Gasteiger partial charge >= 0.3 is 5.97 Å². The van der Waals surface area contributed by atoms with Crippen LogP contribution in [-0.2, 0) is 4.79 Å². The first-order chi connectivity index (χ1) is 6.89. The minimum Gasteiger partial charge on any atom is -0.481 e. The molecule has 15 heavy (non-hydrogen) atoms. The van der Waals surface area contributed by atoms with Gasteiger partial charge in [0.2, 0.25) is 5.79 Å². The first-order valence-electron chi connectivity index (χ1n) is 4.28. The van der Waals surface area contributed by atoms with Crippen molar-refractivity contribution in [2.24, 2.45) is 0 Å². The molecule has 0 saturated heterocycles. The van der Waals surface area contributed by atoms with Crippen molar-refractivity contribution in [3.63, 3.8) is 0 Å². The SMILES string of the molecule is CC(O)(CC(=O)O)Oc1cccc(Cl)c1. The zero-order valence-electron chi connectivity index (χ0n) is 8.11. The van der Waals surface area contributed by atoms with Crippen molar-refractivity contribution in [2.45, 2.75) is 19.1 Å². The van der Waals surface area contributed by atoms with E-state index in [4.69, 9.17) is 21.4 Å². The molecule has 1 aromatic rings. The predicted molar refractivity (Wildman–Crippen MR) is 55.0 cm³/mol. The number of carbonyl (C=O) groups is 1. The third kappa shape index (κ3) is 4.18. The van der Waals surface area contributed by atoms with Gasteiger partial charge in [0.25, 0.3) is 0 Å². The van der Waals surface area contributed by atoms with E-state index in [0.29, 0.717) is 10.8 Å². The topological polar surface area (TPSA) is 66.8 Å². The lowest BCUT2D eigenvalue weighted by Crippen LogP contribution is -2.34. The first-order valence-corrected chi connectivity index (χ1v) is 4.66. The van der Waals surface area contributed by atoms with E-state index < -0.39 is 18.2 Å². The van der Waals surface area contributed by atoms with Crippen molar-refractivity contribution in [3.05, 3.63) is 29.3 Å². The summed E-state index contributed by atoms with van der Waals surface area (Å²) in [5.41, 5.74) is 0. The highest BCUT2D eigenvalue weighted by Crippen LogP contribution is 2.22. The molecule has 0 aromatic heterocycles. The van der Waals surface area contributed by atoms with Crippen LogP contribution in [0.1, 0.15) is 13.3 Å². The molecule has 1 aromatic carbocycles. The second-order valence-corrected chi connectivity index (χ2v) is 3.74. The molecule has 1 atom stereocenters. The van der Waals surface area contributed by atoms with Crippen molar-refractivity contribution in [1.29, 1.82) is 0 Å². The largest absolute Gasteiger partial charge is 0.481 e. The lowest BCUT2D eigenvalue weighted by atomic mass is 10.2. The van der Waals surface area contributed by atoms with Gasteiger partial charge in [-0.3, -0.25) is 4.79 Å². The van der Waals surface area contributed by atoms with Crippen molar-refractivity contribution in [3.8, 4) is 5.75 Å². The van der Waals surface area contributed by atoms with Crippen LogP contribution in [0.5, 0.6) is 5.75 Å². The fraction of sp³-hybridized carbons (Fsp3) is 0.300. The quantitative estimate of drug-likeness (QED) is 0.776. The van der Waals surface area contributed by atoms with Gasteiger partial charge in [-0.25, -0.2) is 0 Å². The molecular formula is C10H11ClO4. The summed E-state index contributed by atoms with van der Waals surface area (Å²) < 4.78 is 5.08. The number of ether oxygens (including phenoxy) is 1. The molecule has 1 unspecified atom stereocenters. The maximum absolute atomic E-state index is 10.4. The van der Waals surface area contributed by atoms with Gasteiger partial charge in [-0.1, -0.05) is 17.7 Å². The summed E-state index contributed by atoms with van der Waals surface area (Å²) in [6.45, 7) is 1.28. The fourth-order valence-electron chi connectivity index (χ4n) is 1.10. The number of halogens is 1. The van der Waals surface area contributed by atoms with E-state index in [9.17, 15) is 9.90 Å². The smallest absolute Gasteiger partial charge is 0.310 e. The average molecular weight is 231 g/mol. The van der Waals surface area contributed by atoms with E-state index in [1.807, 2.05) is 0 Å². The summed E-state index contributed by atoms with van der Waals surface area (Å²) in [5.74, 6) is -2.55. The zero-order valence-corrected chi connectivity index (χ0v) is 8.86. The van der Waals surface area contributed by atoms with Gasteiger partial charge in [0, 0.05) is 11.9 Å². The van der Waals surface area contributed by atoms with Gasteiger partial charge in [-0.15, -0.1) is 0 Å². The molecule has 4 nitrogen and oxygen atoms in total. The van der Waals surface area contributed by atoms with Crippen molar-refractivity contribution in [1.82, 2.24) is 0 Å². The third-order valence-electron chi connectivity index (χ3n) is 1.61. The van der Waals surface area contributed by atoms with Gasteiger partial charge in [0.05, 0.1) is 0 Å². The molecule has 0 saturated carbocycles. The Morgan fingerprint density at radius 2 is 2.27 bits per heavy atom. The third-order valence-corrected chi connectivity index (χ3v) is 1.85. The summed E-state index contributed by atoms with van der Waals surface area (Å²) >= 11 is 5.70. The molecule has 0 heterocycles. The molecule has 0 bridgehead atoms. The van der Waals surface area contributed by atoms with Crippen LogP contribution in [0.3, 0.4) is 0 Å². The number of rotatable bonds is 4. The van der Waals surface area contributed by atoms with Gasteiger partial charge < -0.3 is 14.9 Å². The molecule has 82 valence electrons. The molecule has 0 fully saturated rings. The summed E-state index contributed by atoms with van der Waals surface area (Å²) in [5, 5.41) is 18.6. The van der Waals surface area contributed by atoms with Crippen molar-refractivity contribution in [2.75, 3.05) is 0 Å². The Labute approximate surface area is 92.1 Å². The zero-order chi connectivity index (χ0) is 11.5. The maximum Gasteiger partial charge on any atom is 0.310 e. The number of carboxylic acids is 1. The highest BCUT2D eigenvalue weighted by Gasteiger charge is 2.26. The van der Waals surface area contributed by atoms with Crippen LogP contribution in [0.25, 0.3) is 0 Å². The number of hydrogen-bond acceptors (Lipinski definition) is 3. The average Bonchev–Trinajstić information content (AvgIpc) is 1.99. The van der Waals surface area contributed by atoms with Crippen molar-refractivity contribution >= 4 is 17.6 Å². The predicted octanol–water partition coefficient (Wildman–Crippen LogP) is 1.90. The van der Waals surface area contributed by atoms with Crippen LogP contribution in [0.4, 0.5) is 0 Å². The lowest BCUT2D eigenvalue weighted by Gasteiger charge is -2.22. The van der Waals surface area contributed by atoms with Crippen LogP contribution < -0.4 is 4.74 Å². The number of hydrogen-bond donors (Lipinski definition) is 2. The Morgan fingerprint density at radius 3 is 2.80 bits per heavy atom. The van der Waals surface area contributed by atoms with E-state index >= 15 is 0 Å². The van der Waals surface area contributed by atoms with Gasteiger partial charge in [-0.05, 0) is 18.2 Å². The number of aliphatic carboxylic acids is 1. The fourth-order valence-corrected chi connectivity index (χ4v) is 1.28. The summed E-state index contributed by atoms with van der Waals surface area (Å²) in [7, 11) is 0. The first kappa shape index (κ1) is 11.8. The Balaban J connectivity index is 2.72. The van der Waals surface area contributed by atoms with Gasteiger partial charge in [-0.2, -0.15) is 0 Å². The molecule has 1 rings (SSSR count). The van der Waals surface area contributed by atoms with Crippen molar-refractivity contribution < 1.29 is 19.7 Å². The number of carboxylic acid groups (broad SMARTS) is 1. The molecule has 5 heteroatoms. The molecule has 0 radical (unpaired) electrons. The summed E-state index contributed by atoms with van der Waals surface area (Å²) in [4.78, 5) is 10.4. The van der Waals surface area contributed by atoms with Gasteiger partial charge in [0.1, 0.15) is 12.2 Å². The molecule has 0 amide bonds. The maximum atomic E-state index is 10.4. The van der Waals surface area contributed by atoms with Crippen LogP contribution in [-0.4, -0.2) is 22.0 Å². The molecule has 2 N–H and O–H groups in total. The summed E-state index contributed by atoms with van der Waals surface area (Å²) in [6, 6.07) is 6.38. The van der Waals surface area contributed by atoms with Crippen LogP contribution >= 0.6 is 11.6 Å². The molecule has 0 aliphatic carbocycles. The lowest BCUT2D eigenvalue weighted by molar-refractivity contribution is -0.161. The normalized spacial score (nSPS) is 14.3. The Kier molecular flexibility index (Phi) is 3.55. The van der Waals surface area contributed by atoms with Crippen LogP contribution in [0, 0.1) is 0 Å². The Hall–Kier alpha value is -1.26. The standard InChI is InChI=1S/C10H11ClO4/c1-10(14,6-9(12)13)15-8-4-2-3-7(11)5-8/h2-5,14H,6H2,1H3,(H,12,13). The number of aliphatic hydroxyl groups is 1. The molecular weight excluding hydrogens is 220 g/mol.